The van der Waals surface area contributed by atoms with E-state index in [2.05, 4.69) is 0 Å². The van der Waals surface area contributed by atoms with Gasteiger partial charge in [-0.2, -0.15) is 4.52 Å². The molecule has 0 aliphatic heterocycles. The predicted molar refractivity (Wildman–Crippen MR) is 62.8 cm³/mol. The van der Waals surface area contributed by atoms with Gasteiger partial charge in [0.25, 0.3) is 11.1 Å². The van der Waals surface area contributed by atoms with Gasteiger partial charge in [0.15, 0.2) is 0 Å². The van der Waals surface area contributed by atoms with Crippen molar-refractivity contribution in [2.45, 2.75) is 40.5 Å². The topological polar surface area (TPSA) is 43.0 Å². The highest BCUT2D eigenvalue weighted by Gasteiger charge is 2.19. The Morgan fingerprint density at radius 2 is 1.19 bits per heavy atom. The Kier molecular flexibility index (Phi) is 2.37. The summed E-state index contributed by atoms with van der Waals surface area (Å²) in [7, 11) is 0. The number of hydrogen-bond acceptors (Lipinski definition) is 2. The lowest BCUT2D eigenvalue weighted by Crippen LogP contribution is -2.23. The normalized spacial score (nSPS) is 11.5. The number of rotatable bonds is 2. The Labute approximate surface area is 93.5 Å². The zero-order chi connectivity index (χ0) is 12.0. The van der Waals surface area contributed by atoms with Crippen molar-refractivity contribution in [2.24, 2.45) is 0 Å². The average Bonchev–Trinajstić information content (AvgIpc) is 2.65. The van der Waals surface area contributed by atoms with Gasteiger partial charge in [-0.1, -0.05) is 13.8 Å². The van der Waals surface area contributed by atoms with Gasteiger partial charge in [0.05, 0.1) is 0 Å². The summed E-state index contributed by atoms with van der Waals surface area (Å²) in [5.41, 5.74) is 2.93. The van der Waals surface area contributed by atoms with Crippen molar-refractivity contribution in [3.63, 3.8) is 0 Å². The molecule has 0 fully saturated rings. The van der Waals surface area contributed by atoms with Gasteiger partial charge in [0.1, 0.15) is 0 Å². The molecule has 2 aromatic heterocycles. The van der Waals surface area contributed by atoms with Gasteiger partial charge in [-0.3, -0.25) is 14.1 Å². The van der Waals surface area contributed by atoms with Crippen LogP contribution in [0.5, 0.6) is 0 Å². The van der Waals surface area contributed by atoms with Crippen LogP contribution in [-0.2, 0) is 12.8 Å². The van der Waals surface area contributed by atoms with Gasteiger partial charge in [0, 0.05) is 22.5 Å². The Morgan fingerprint density at radius 1 is 0.812 bits per heavy atom. The number of aromatic nitrogens is 2. The molecule has 2 rings (SSSR count). The summed E-state index contributed by atoms with van der Waals surface area (Å²) in [4.78, 5) is 23.9. The van der Waals surface area contributed by atoms with E-state index in [0.29, 0.717) is 11.1 Å². The maximum atomic E-state index is 12.0. The van der Waals surface area contributed by atoms with E-state index in [1.165, 1.54) is 4.52 Å². The molecule has 0 N–H and O–H groups in total. The van der Waals surface area contributed by atoms with E-state index in [9.17, 15) is 9.59 Å². The highest BCUT2D eigenvalue weighted by Crippen LogP contribution is 2.11. The monoisotopic (exact) mass is 220 g/mol. The zero-order valence-corrected chi connectivity index (χ0v) is 10.1. The molecule has 0 saturated heterocycles. The second-order valence-corrected chi connectivity index (χ2v) is 4.08. The summed E-state index contributed by atoms with van der Waals surface area (Å²) in [5.74, 6) is 0. The van der Waals surface area contributed by atoms with Gasteiger partial charge in [-0.15, -0.1) is 0 Å². The van der Waals surface area contributed by atoms with E-state index in [4.69, 9.17) is 0 Å². The van der Waals surface area contributed by atoms with Crippen LogP contribution in [0.2, 0.25) is 0 Å². The van der Waals surface area contributed by atoms with E-state index in [0.717, 1.165) is 24.2 Å². The number of fused-ring (bicyclic) bond motifs is 1. The molecule has 86 valence electrons. The smallest absolute Gasteiger partial charge is 0.267 e. The first kappa shape index (κ1) is 10.9. The van der Waals surface area contributed by atoms with Crippen molar-refractivity contribution in [2.75, 3.05) is 0 Å². The van der Waals surface area contributed by atoms with Crippen molar-refractivity contribution < 1.29 is 0 Å². The molecule has 16 heavy (non-hydrogen) atoms. The predicted octanol–water partition coefficient (Wildman–Crippen LogP) is 0.939. The van der Waals surface area contributed by atoms with Gasteiger partial charge in [-0.25, -0.2) is 0 Å². The molecular formula is C12H16N2O2. The van der Waals surface area contributed by atoms with E-state index in [1.54, 1.807) is 18.4 Å². The number of nitrogens with zero attached hydrogens (tertiary/aromatic N) is 2. The summed E-state index contributed by atoms with van der Waals surface area (Å²) in [6.07, 6.45) is 1.52. The van der Waals surface area contributed by atoms with Crippen LogP contribution >= 0.6 is 0 Å². The molecular weight excluding hydrogens is 204 g/mol. The molecule has 2 aromatic rings. The second kappa shape index (κ2) is 3.47. The van der Waals surface area contributed by atoms with Crippen LogP contribution < -0.4 is 11.1 Å². The van der Waals surface area contributed by atoms with Crippen molar-refractivity contribution in [3.8, 4) is 0 Å². The Hall–Kier alpha value is -1.58. The summed E-state index contributed by atoms with van der Waals surface area (Å²) < 4.78 is 3.07. The first-order valence-electron chi connectivity index (χ1n) is 5.62. The van der Waals surface area contributed by atoms with E-state index in [1.807, 2.05) is 13.8 Å². The minimum Gasteiger partial charge on any atom is -0.267 e. The van der Waals surface area contributed by atoms with Crippen molar-refractivity contribution in [1.82, 2.24) is 9.03 Å². The van der Waals surface area contributed by atoms with E-state index in [-0.39, 0.29) is 11.1 Å². The largest absolute Gasteiger partial charge is 0.277 e. The lowest BCUT2D eigenvalue weighted by atomic mass is 10.2. The van der Waals surface area contributed by atoms with Crippen LogP contribution in [-0.4, -0.2) is 9.03 Å². The van der Waals surface area contributed by atoms with Crippen LogP contribution in [0.15, 0.2) is 9.59 Å². The first-order valence-corrected chi connectivity index (χ1v) is 5.62. The van der Waals surface area contributed by atoms with Crippen LogP contribution in [0.25, 0.3) is 0 Å². The molecule has 0 spiro atoms. The molecule has 0 radical (unpaired) electrons. The van der Waals surface area contributed by atoms with Gasteiger partial charge < -0.3 is 0 Å². The van der Waals surface area contributed by atoms with E-state index < -0.39 is 0 Å². The van der Waals surface area contributed by atoms with Crippen molar-refractivity contribution >= 4 is 0 Å². The molecule has 0 amide bonds. The molecule has 0 bridgehead atoms. The van der Waals surface area contributed by atoms with Crippen molar-refractivity contribution in [3.05, 3.63) is 43.2 Å². The second-order valence-electron chi connectivity index (χ2n) is 4.08. The standard InChI is InChI=1S/C12H16N2O2/c1-5-9-7(3)11(15)14-12(16)8(4)10(6-2)13(9)14/h5-6H2,1-4H3. The summed E-state index contributed by atoms with van der Waals surface area (Å²) in [5, 5.41) is 0. The molecule has 0 aliphatic carbocycles. The van der Waals surface area contributed by atoms with Crippen LogP contribution in [0.3, 0.4) is 0 Å². The SMILES string of the molecule is CCc1c(C)c(=O)n2c(=O)c(C)c(CC)n12. The molecule has 0 aliphatic rings. The molecule has 4 nitrogen and oxygen atoms in total. The van der Waals surface area contributed by atoms with Gasteiger partial charge >= 0.3 is 0 Å². The number of aryl methyl sites for hydroxylation is 2. The molecule has 4 heteroatoms. The molecule has 2 heterocycles. The highest BCUT2D eigenvalue weighted by atomic mass is 16.2. The lowest BCUT2D eigenvalue weighted by molar-refractivity contribution is 0.735. The van der Waals surface area contributed by atoms with Crippen LogP contribution in [0.4, 0.5) is 0 Å². The molecule has 0 saturated carbocycles. The lowest BCUT2D eigenvalue weighted by Gasteiger charge is -2.01. The zero-order valence-electron chi connectivity index (χ0n) is 10.1. The third kappa shape index (κ3) is 1.10. The van der Waals surface area contributed by atoms with Gasteiger partial charge in [0.2, 0.25) is 0 Å². The third-order valence-electron chi connectivity index (χ3n) is 3.27. The maximum Gasteiger partial charge on any atom is 0.277 e. The fraction of sp³-hybridized carbons (Fsp3) is 0.500. The Bertz CT molecular complexity index is 596. The van der Waals surface area contributed by atoms with Crippen LogP contribution in [0, 0.1) is 13.8 Å². The fourth-order valence-corrected chi connectivity index (χ4v) is 2.39. The first-order chi connectivity index (χ1) is 7.54. The Balaban J connectivity index is 3.12. The maximum absolute atomic E-state index is 12.0. The average molecular weight is 220 g/mol. The summed E-state index contributed by atoms with van der Waals surface area (Å²) in [6, 6.07) is 0. The fourth-order valence-electron chi connectivity index (χ4n) is 2.39. The quantitative estimate of drug-likeness (QED) is 0.756. The molecule has 0 atom stereocenters. The minimum atomic E-state index is -0.176. The van der Waals surface area contributed by atoms with Crippen molar-refractivity contribution in [1.29, 1.82) is 0 Å². The summed E-state index contributed by atoms with van der Waals surface area (Å²) >= 11 is 0. The van der Waals surface area contributed by atoms with Crippen LogP contribution in [0.1, 0.15) is 36.4 Å². The molecule has 0 aromatic carbocycles. The van der Waals surface area contributed by atoms with Gasteiger partial charge in [-0.05, 0) is 26.7 Å². The Morgan fingerprint density at radius 3 is 1.50 bits per heavy atom. The molecule has 0 unspecified atom stereocenters. The summed E-state index contributed by atoms with van der Waals surface area (Å²) in [6.45, 7) is 7.58. The minimum absolute atomic E-state index is 0.176. The van der Waals surface area contributed by atoms with E-state index >= 15 is 0 Å². The highest BCUT2D eigenvalue weighted by molar-refractivity contribution is 5.27. The third-order valence-corrected chi connectivity index (χ3v) is 3.27. The number of hydrogen-bond donors (Lipinski definition) is 0.